The summed E-state index contributed by atoms with van der Waals surface area (Å²) in [6, 6.07) is 7.88. The molecular formula is C16H24N2O2. The molecule has 1 aromatic rings. The molecule has 0 aliphatic rings. The van der Waals surface area contributed by atoms with Gasteiger partial charge in [-0.05, 0) is 11.1 Å². The smallest absolute Gasteiger partial charge is 0.222 e. The van der Waals surface area contributed by atoms with Crippen LogP contribution in [0.4, 0.5) is 0 Å². The minimum absolute atomic E-state index is 0.000481. The number of benzene rings is 1. The fraction of sp³-hybridized carbons (Fsp3) is 0.500. The lowest BCUT2D eigenvalue weighted by Crippen LogP contribution is -2.27. The number of carbonyl (C=O) groups is 2. The van der Waals surface area contributed by atoms with Crippen molar-refractivity contribution in [2.24, 2.45) is 11.8 Å². The number of carbonyl (C=O) groups excluding carboxylic acids is 2. The molecule has 2 amide bonds. The van der Waals surface area contributed by atoms with Crippen molar-refractivity contribution in [2.45, 2.75) is 40.8 Å². The van der Waals surface area contributed by atoms with Crippen LogP contribution >= 0.6 is 0 Å². The first-order valence-electron chi connectivity index (χ1n) is 7.03. The Hall–Kier alpha value is -1.84. The summed E-state index contributed by atoms with van der Waals surface area (Å²) in [4.78, 5) is 22.9. The maximum atomic E-state index is 11.5. The molecule has 2 N–H and O–H groups in total. The average molecular weight is 276 g/mol. The molecule has 0 heterocycles. The Kier molecular flexibility index (Phi) is 6.22. The maximum Gasteiger partial charge on any atom is 0.222 e. The van der Waals surface area contributed by atoms with Crippen molar-refractivity contribution in [3.8, 4) is 0 Å². The lowest BCUT2D eigenvalue weighted by molar-refractivity contribution is -0.124. The molecule has 4 heteroatoms. The highest BCUT2D eigenvalue weighted by Gasteiger charge is 2.07. The summed E-state index contributed by atoms with van der Waals surface area (Å²) in [5.41, 5.74) is 2.11. The van der Waals surface area contributed by atoms with Crippen LogP contribution in [-0.4, -0.2) is 11.8 Å². The number of nitrogens with one attached hydrogen (secondary N) is 2. The zero-order chi connectivity index (χ0) is 15.1. The molecule has 0 fully saturated rings. The molecular weight excluding hydrogens is 252 g/mol. The van der Waals surface area contributed by atoms with E-state index in [0.717, 1.165) is 11.1 Å². The second-order valence-corrected chi connectivity index (χ2v) is 5.56. The van der Waals surface area contributed by atoms with Gasteiger partial charge in [0, 0.05) is 24.9 Å². The van der Waals surface area contributed by atoms with E-state index < -0.39 is 0 Å². The first-order chi connectivity index (χ1) is 9.40. The summed E-state index contributed by atoms with van der Waals surface area (Å²) >= 11 is 0. The van der Waals surface area contributed by atoms with Gasteiger partial charge in [0.15, 0.2) is 0 Å². The largest absolute Gasteiger partial charge is 0.352 e. The highest BCUT2D eigenvalue weighted by atomic mass is 16.2. The van der Waals surface area contributed by atoms with E-state index in [0.29, 0.717) is 13.1 Å². The van der Waals surface area contributed by atoms with E-state index in [4.69, 9.17) is 0 Å². The summed E-state index contributed by atoms with van der Waals surface area (Å²) in [5.74, 6) is 0.109. The highest BCUT2D eigenvalue weighted by molar-refractivity contribution is 5.78. The minimum atomic E-state index is 0.000481. The van der Waals surface area contributed by atoms with Gasteiger partial charge in [-0.2, -0.15) is 0 Å². The normalized spacial score (nSPS) is 10.7. The first kappa shape index (κ1) is 16.2. The number of hydrogen-bond acceptors (Lipinski definition) is 2. The topological polar surface area (TPSA) is 58.2 Å². The Labute approximate surface area is 121 Å². The van der Waals surface area contributed by atoms with Crippen LogP contribution in [0.2, 0.25) is 0 Å². The van der Waals surface area contributed by atoms with Crippen LogP contribution in [0.25, 0.3) is 0 Å². The Balaban J connectivity index is 2.44. The van der Waals surface area contributed by atoms with E-state index in [-0.39, 0.29) is 23.7 Å². The Bertz CT molecular complexity index is 407. The van der Waals surface area contributed by atoms with Gasteiger partial charge in [-0.3, -0.25) is 9.59 Å². The van der Waals surface area contributed by atoms with Crippen LogP contribution in [0.1, 0.15) is 38.8 Å². The predicted molar refractivity (Wildman–Crippen MR) is 79.8 cm³/mol. The lowest BCUT2D eigenvalue weighted by Gasteiger charge is -2.10. The van der Waals surface area contributed by atoms with Crippen LogP contribution in [0.3, 0.4) is 0 Å². The van der Waals surface area contributed by atoms with Crippen molar-refractivity contribution >= 4 is 11.8 Å². The second-order valence-electron chi connectivity index (χ2n) is 5.56. The molecule has 1 aromatic carbocycles. The third-order valence-electron chi connectivity index (χ3n) is 3.01. The number of hydrogen-bond donors (Lipinski definition) is 2. The van der Waals surface area contributed by atoms with Gasteiger partial charge in [-0.1, -0.05) is 52.0 Å². The van der Waals surface area contributed by atoms with Gasteiger partial charge in [-0.15, -0.1) is 0 Å². The van der Waals surface area contributed by atoms with Crippen molar-refractivity contribution in [1.29, 1.82) is 0 Å². The van der Waals surface area contributed by atoms with Crippen LogP contribution < -0.4 is 10.6 Å². The molecule has 0 bridgehead atoms. The number of amides is 2. The van der Waals surface area contributed by atoms with Gasteiger partial charge >= 0.3 is 0 Å². The zero-order valence-electron chi connectivity index (χ0n) is 12.7. The standard InChI is InChI=1S/C16H24N2O2/c1-11(2)15(19)17-9-13-5-7-14(8-6-13)10-18-16(20)12(3)4/h5-8,11-12H,9-10H2,1-4H3,(H,17,19)(H,18,20). The molecule has 0 radical (unpaired) electrons. The minimum Gasteiger partial charge on any atom is -0.352 e. The quantitative estimate of drug-likeness (QED) is 0.837. The third-order valence-corrected chi connectivity index (χ3v) is 3.01. The SMILES string of the molecule is CC(C)C(=O)NCc1ccc(CNC(=O)C(C)C)cc1. The van der Waals surface area contributed by atoms with Crippen LogP contribution in [0.15, 0.2) is 24.3 Å². The fourth-order valence-corrected chi connectivity index (χ4v) is 1.56. The predicted octanol–water partition coefficient (Wildman–Crippen LogP) is 2.23. The van der Waals surface area contributed by atoms with E-state index in [9.17, 15) is 9.59 Å². The third kappa shape index (κ3) is 5.43. The van der Waals surface area contributed by atoms with Crippen molar-refractivity contribution in [3.63, 3.8) is 0 Å². The van der Waals surface area contributed by atoms with Crippen molar-refractivity contribution in [2.75, 3.05) is 0 Å². The molecule has 1 rings (SSSR count). The zero-order valence-corrected chi connectivity index (χ0v) is 12.7. The van der Waals surface area contributed by atoms with Crippen molar-refractivity contribution in [3.05, 3.63) is 35.4 Å². The van der Waals surface area contributed by atoms with Crippen LogP contribution in [0.5, 0.6) is 0 Å². The number of rotatable bonds is 6. The molecule has 0 aliphatic carbocycles. The summed E-state index contributed by atoms with van der Waals surface area (Å²) in [6.45, 7) is 8.56. The molecule has 20 heavy (non-hydrogen) atoms. The summed E-state index contributed by atoms with van der Waals surface area (Å²) < 4.78 is 0. The molecule has 4 nitrogen and oxygen atoms in total. The van der Waals surface area contributed by atoms with Gasteiger partial charge in [-0.25, -0.2) is 0 Å². The van der Waals surface area contributed by atoms with E-state index in [2.05, 4.69) is 10.6 Å². The summed E-state index contributed by atoms with van der Waals surface area (Å²) in [5, 5.41) is 5.75. The van der Waals surface area contributed by atoms with Gasteiger partial charge in [0.2, 0.25) is 11.8 Å². The highest BCUT2D eigenvalue weighted by Crippen LogP contribution is 2.05. The molecule has 0 saturated heterocycles. The van der Waals surface area contributed by atoms with E-state index >= 15 is 0 Å². The summed E-state index contributed by atoms with van der Waals surface area (Å²) in [6.07, 6.45) is 0. The van der Waals surface area contributed by atoms with E-state index in [1.165, 1.54) is 0 Å². The van der Waals surface area contributed by atoms with Crippen molar-refractivity contribution in [1.82, 2.24) is 10.6 Å². The molecule has 0 aromatic heterocycles. The van der Waals surface area contributed by atoms with Gasteiger partial charge in [0.05, 0.1) is 0 Å². The van der Waals surface area contributed by atoms with Gasteiger partial charge in [0.25, 0.3) is 0 Å². The van der Waals surface area contributed by atoms with Gasteiger partial charge in [0.1, 0.15) is 0 Å². The Morgan fingerprint density at radius 1 is 0.800 bits per heavy atom. The second kappa shape index (κ2) is 7.68. The fourth-order valence-electron chi connectivity index (χ4n) is 1.56. The van der Waals surface area contributed by atoms with Crippen molar-refractivity contribution < 1.29 is 9.59 Å². The first-order valence-corrected chi connectivity index (χ1v) is 7.03. The molecule has 0 atom stereocenters. The molecule has 0 unspecified atom stereocenters. The maximum absolute atomic E-state index is 11.5. The summed E-state index contributed by atoms with van der Waals surface area (Å²) in [7, 11) is 0. The van der Waals surface area contributed by atoms with E-state index in [1.54, 1.807) is 0 Å². The monoisotopic (exact) mass is 276 g/mol. The van der Waals surface area contributed by atoms with E-state index in [1.807, 2.05) is 52.0 Å². The molecule has 110 valence electrons. The molecule has 0 aliphatic heterocycles. The lowest BCUT2D eigenvalue weighted by atomic mass is 10.1. The van der Waals surface area contributed by atoms with Crippen LogP contribution in [-0.2, 0) is 22.7 Å². The molecule has 0 spiro atoms. The Morgan fingerprint density at radius 2 is 1.10 bits per heavy atom. The van der Waals surface area contributed by atoms with Crippen LogP contribution in [0, 0.1) is 11.8 Å². The Morgan fingerprint density at radius 3 is 1.35 bits per heavy atom. The van der Waals surface area contributed by atoms with Gasteiger partial charge < -0.3 is 10.6 Å². The molecule has 0 saturated carbocycles. The average Bonchev–Trinajstić information content (AvgIpc) is 2.42.